The number of amides is 2. The monoisotopic (exact) mass is 318 g/mol. The summed E-state index contributed by atoms with van der Waals surface area (Å²) in [6.45, 7) is 3.46. The van der Waals surface area contributed by atoms with E-state index in [1.54, 1.807) is 7.11 Å². The first-order chi connectivity index (χ1) is 11.2. The summed E-state index contributed by atoms with van der Waals surface area (Å²) in [4.78, 5) is 11.9. The van der Waals surface area contributed by atoms with E-state index in [1.165, 1.54) is 31.2 Å². The van der Waals surface area contributed by atoms with Crippen LogP contribution in [0.3, 0.4) is 0 Å². The molecule has 4 nitrogen and oxygen atoms in total. The minimum atomic E-state index is -0.0567. The van der Waals surface area contributed by atoms with Crippen LogP contribution in [-0.2, 0) is 4.74 Å². The molecule has 4 heteroatoms. The minimum absolute atomic E-state index is 0.0567. The van der Waals surface area contributed by atoms with E-state index in [4.69, 9.17) is 4.74 Å². The van der Waals surface area contributed by atoms with Gasteiger partial charge < -0.3 is 15.4 Å². The predicted octanol–water partition coefficient (Wildman–Crippen LogP) is 3.68. The molecule has 1 fully saturated rings. The van der Waals surface area contributed by atoms with E-state index < -0.39 is 0 Å². The Morgan fingerprint density at radius 3 is 2.57 bits per heavy atom. The van der Waals surface area contributed by atoms with Gasteiger partial charge in [0.15, 0.2) is 0 Å². The van der Waals surface area contributed by atoms with Crippen LogP contribution >= 0.6 is 0 Å². The van der Waals surface area contributed by atoms with Crippen LogP contribution in [0.5, 0.6) is 0 Å². The molecule has 1 aromatic rings. The molecule has 0 bridgehead atoms. The Labute approximate surface area is 140 Å². The zero-order valence-electron chi connectivity index (χ0n) is 14.4. The van der Waals surface area contributed by atoms with Gasteiger partial charge in [-0.15, -0.1) is 0 Å². The van der Waals surface area contributed by atoms with Crippen LogP contribution in [-0.4, -0.2) is 32.3 Å². The second kappa shape index (κ2) is 9.56. The van der Waals surface area contributed by atoms with Crippen molar-refractivity contribution in [2.45, 2.75) is 51.0 Å². The zero-order valence-corrected chi connectivity index (χ0v) is 14.4. The average molecular weight is 318 g/mol. The highest BCUT2D eigenvalue weighted by Gasteiger charge is 2.22. The maximum atomic E-state index is 11.9. The van der Waals surface area contributed by atoms with Gasteiger partial charge in [0.05, 0.1) is 0 Å². The molecule has 0 heterocycles. The molecule has 1 aromatic carbocycles. The lowest BCUT2D eigenvalue weighted by Gasteiger charge is -2.29. The van der Waals surface area contributed by atoms with Crippen LogP contribution in [0.1, 0.15) is 50.5 Å². The van der Waals surface area contributed by atoms with Gasteiger partial charge >= 0.3 is 6.03 Å². The smallest absolute Gasteiger partial charge is 0.315 e. The summed E-state index contributed by atoms with van der Waals surface area (Å²) in [5.74, 6) is 1.30. The van der Waals surface area contributed by atoms with Crippen molar-refractivity contribution in [2.24, 2.45) is 5.92 Å². The molecule has 2 amide bonds. The Bertz CT molecular complexity index is 456. The van der Waals surface area contributed by atoms with Gasteiger partial charge in [0.25, 0.3) is 0 Å². The number of methoxy groups -OCH3 is 1. The number of carbonyl (C=O) groups is 1. The largest absolute Gasteiger partial charge is 0.385 e. The quantitative estimate of drug-likeness (QED) is 0.805. The molecule has 2 rings (SSSR count). The first-order valence-corrected chi connectivity index (χ1v) is 8.77. The Balaban J connectivity index is 1.64. The number of hydrogen-bond acceptors (Lipinski definition) is 2. The second-order valence-corrected chi connectivity index (χ2v) is 6.67. The summed E-state index contributed by atoms with van der Waals surface area (Å²) in [6.07, 6.45) is 5.68. The third kappa shape index (κ3) is 6.22. The highest BCUT2D eigenvalue weighted by molar-refractivity contribution is 5.74. The van der Waals surface area contributed by atoms with Gasteiger partial charge in [0.1, 0.15) is 0 Å². The lowest BCUT2D eigenvalue weighted by atomic mass is 9.79. The van der Waals surface area contributed by atoms with Crippen molar-refractivity contribution >= 4 is 6.03 Å². The minimum Gasteiger partial charge on any atom is -0.385 e. The van der Waals surface area contributed by atoms with Gasteiger partial charge in [-0.05, 0) is 56.4 Å². The molecular weight excluding hydrogens is 288 g/mol. The number of carbonyl (C=O) groups excluding carboxylic acids is 1. The van der Waals surface area contributed by atoms with E-state index in [-0.39, 0.29) is 12.1 Å². The fraction of sp³-hybridized carbons (Fsp3) is 0.632. The average Bonchev–Trinajstić information content (AvgIpc) is 2.59. The molecule has 1 aliphatic carbocycles. The molecule has 1 unspecified atom stereocenters. The van der Waals surface area contributed by atoms with Gasteiger partial charge in [0, 0.05) is 26.3 Å². The van der Waals surface area contributed by atoms with Gasteiger partial charge in [-0.1, -0.05) is 30.3 Å². The highest BCUT2D eigenvalue weighted by atomic mass is 16.5. The topological polar surface area (TPSA) is 50.4 Å². The molecule has 1 saturated carbocycles. The summed E-state index contributed by atoms with van der Waals surface area (Å²) in [5, 5.41) is 5.98. The van der Waals surface area contributed by atoms with Crippen molar-refractivity contribution in [3.8, 4) is 0 Å². The first-order valence-electron chi connectivity index (χ1n) is 8.77. The lowest BCUT2D eigenvalue weighted by molar-refractivity contribution is 0.183. The highest BCUT2D eigenvalue weighted by Crippen LogP contribution is 2.35. The van der Waals surface area contributed by atoms with Crippen molar-refractivity contribution in [1.29, 1.82) is 0 Å². The molecular formula is C19H30N2O2. The fourth-order valence-corrected chi connectivity index (χ4v) is 3.30. The zero-order chi connectivity index (χ0) is 16.5. The van der Waals surface area contributed by atoms with Gasteiger partial charge in [-0.3, -0.25) is 0 Å². The van der Waals surface area contributed by atoms with Crippen LogP contribution in [0.2, 0.25) is 0 Å². The summed E-state index contributed by atoms with van der Waals surface area (Å²) in [5.41, 5.74) is 1.46. The van der Waals surface area contributed by atoms with Crippen molar-refractivity contribution in [3.05, 3.63) is 35.9 Å². The molecule has 0 aromatic heterocycles. The molecule has 1 aliphatic rings. The summed E-state index contributed by atoms with van der Waals surface area (Å²) in [6, 6.07) is 10.9. The molecule has 23 heavy (non-hydrogen) atoms. The van der Waals surface area contributed by atoms with E-state index in [0.29, 0.717) is 18.4 Å². The third-order valence-corrected chi connectivity index (χ3v) is 4.80. The summed E-state index contributed by atoms with van der Waals surface area (Å²) < 4.78 is 5.02. The molecule has 2 N–H and O–H groups in total. The number of urea groups is 1. The molecule has 128 valence electrons. The van der Waals surface area contributed by atoms with E-state index in [2.05, 4.69) is 41.0 Å². The van der Waals surface area contributed by atoms with E-state index >= 15 is 0 Å². The van der Waals surface area contributed by atoms with E-state index in [0.717, 1.165) is 13.0 Å². The third-order valence-electron chi connectivity index (χ3n) is 4.80. The van der Waals surface area contributed by atoms with Crippen LogP contribution < -0.4 is 10.6 Å². The maximum absolute atomic E-state index is 11.9. The Hall–Kier alpha value is -1.55. The van der Waals surface area contributed by atoms with E-state index in [1.807, 2.05) is 6.92 Å². The van der Waals surface area contributed by atoms with Crippen LogP contribution in [0.15, 0.2) is 30.3 Å². The molecule has 0 aliphatic heterocycles. The standard InChI is InChI=1S/C19H30N2O2/c1-15(12-13-23-2)21-19(22)20-14-16-8-10-18(11-9-16)17-6-4-3-5-7-17/h3-7,15-16,18H,8-14H2,1-2H3,(H2,20,21,22). The Morgan fingerprint density at radius 1 is 1.22 bits per heavy atom. The van der Waals surface area contributed by atoms with Gasteiger partial charge in [-0.25, -0.2) is 4.79 Å². The number of rotatable bonds is 7. The molecule has 0 radical (unpaired) electrons. The SMILES string of the molecule is COCCC(C)NC(=O)NCC1CCC(c2ccccc2)CC1. The molecule has 0 saturated heterocycles. The van der Waals surface area contributed by atoms with E-state index in [9.17, 15) is 4.79 Å². The van der Waals surface area contributed by atoms with Gasteiger partial charge in [0.2, 0.25) is 0 Å². The Kier molecular flexibility index (Phi) is 7.40. The normalized spacial score (nSPS) is 22.3. The number of nitrogens with one attached hydrogen (secondary N) is 2. The molecule has 1 atom stereocenters. The predicted molar refractivity (Wildman–Crippen MR) is 93.6 cm³/mol. The number of ether oxygens (including phenoxy) is 1. The fourth-order valence-electron chi connectivity index (χ4n) is 3.30. The lowest BCUT2D eigenvalue weighted by Crippen LogP contribution is -2.43. The van der Waals surface area contributed by atoms with Crippen molar-refractivity contribution < 1.29 is 9.53 Å². The van der Waals surface area contributed by atoms with Crippen molar-refractivity contribution in [3.63, 3.8) is 0 Å². The maximum Gasteiger partial charge on any atom is 0.315 e. The van der Waals surface area contributed by atoms with Crippen molar-refractivity contribution in [2.75, 3.05) is 20.3 Å². The van der Waals surface area contributed by atoms with Crippen LogP contribution in [0.4, 0.5) is 4.79 Å². The Morgan fingerprint density at radius 2 is 1.91 bits per heavy atom. The first kappa shape index (κ1) is 17.8. The van der Waals surface area contributed by atoms with Crippen LogP contribution in [0, 0.1) is 5.92 Å². The molecule has 0 spiro atoms. The van der Waals surface area contributed by atoms with Crippen molar-refractivity contribution in [1.82, 2.24) is 10.6 Å². The van der Waals surface area contributed by atoms with Crippen LogP contribution in [0.25, 0.3) is 0 Å². The van der Waals surface area contributed by atoms with Gasteiger partial charge in [-0.2, -0.15) is 0 Å². The number of benzene rings is 1. The summed E-state index contributed by atoms with van der Waals surface area (Å²) >= 11 is 0. The number of hydrogen-bond donors (Lipinski definition) is 2. The summed E-state index contributed by atoms with van der Waals surface area (Å²) in [7, 11) is 1.68. The second-order valence-electron chi connectivity index (χ2n) is 6.67.